The minimum absolute atomic E-state index is 0.193. The summed E-state index contributed by atoms with van der Waals surface area (Å²) in [5.41, 5.74) is 7.63. The zero-order valence-electron chi connectivity index (χ0n) is 14.3. The summed E-state index contributed by atoms with van der Waals surface area (Å²) >= 11 is 0. The van der Waals surface area contributed by atoms with Crippen LogP contribution in [0.25, 0.3) is 0 Å². The molecule has 1 amide bonds. The molecule has 2 N–H and O–H groups in total. The number of nitrogens with two attached hydrogens (primary N) is 1. The highest BCUT2D eigenvalue weighted by molar-refractivity contribution is 5.96. The van der Waals surface area contributed by atoms with Crippen LogP contribution in [-0.4, -0.2) is 11.9 Å². The Kier molecular flexibility index (Phi) is 5.74. The summed E-state index contributed by atoms with van der Waals surface area (Å²) in [6.07, 6.45) is 1.01. The van der Waals surface area contributed by atoms with Crippen molar-refractivity contribution >= 4 is 11.9 Å². The van der Waals surface area contributed by atoms with Crippen LogP contribution in [-0.2, 0) is 11.2 Å². The average molecular weight is 325 g/mol. The fourth-order valence-corrected chi connectivity index (χ4v) is 2.51. The molecule has 0 bridgehead atoms. The van der Waals surface area contributed by atoms with E-state index in [0.717, 1.165) is 12.0 Å². The van der Waals surface area contributed by atoms with E-state index < -0.39 is 17.8 Å². The maximum atomic E-state index is 12.4. The quantitative estimate of drug-likeness (QED) is 0.650. The lowest BCUT2D eigenvalue weighted by Crippen LogP contribution is -2.19. The third-order valence-corrected chi connectivity index (χ3v) is 3.84. The van der Waals surface area contributed by atoms with E-state index in [9.17, 15) is 9.59 Å². The number of benzene rings is 2. The van der Waals surface area contributed by atoms with Gasteiger partial charge in [0.2, 0.25) is 0 Å². The van der Waals surface area contributed by atoms with Gasteiger partial charge >= 0.3 is 5.97 Å². The van der Waals surface area contributed by atoms with E-state index in [0.29, 0.717) is 5.92 Å². The van der Waals surface area contributed by atoms with Gasteiger partial charge in [-0.05, 0) is 42.5 Å². The van der Waals surface area contributed by atoms with E-state index in [1.807, 2.05) is 24.3 Å². The molecule has 0 spiro atoms. The van der Waals surface area contributed by atoms with Crippen LogP contribution in [0.4, 0.5) is 0 Å². The second kappa shape index (κ2) is 7.77. The van der Waals surface area contributed by atoms with Crippen molar-refractivity contribution in [3.8, 4) is 5.75 Å². The Bertz CT molecular complexity index is 720. The predicted molar refractivity (Wildman–Crippen MR) is 94.0 cm³/mol. The molecule has 0 fully saturated rings. The molecule has 4 nitrogen and oxygen atoms in total. The van der Waals surface area contributed by atoms with Gasteiger partial charge in [0.05, 0.1) is 11.5 Å². The SMILES string of the molecule is CC(C)Cc1ccc(C(C)C(=O)Oc2ccccc2C(N)=O)cc1. The number of carbonyl (C=O) groups excluding carboxylic acids is 2. The number of primary amides is 1. The maximum Gasteiger partial charge on any atom is 0.318 e. The number of para-hydroxylation sites is 1. The van der Waals surface area contributed by atoms with Crippen LogP contribution in [0.1, 0.15) is 48.2 Å². The highest BCUT2D eigenvalue weighted by Crippen LogP contribution is 2.23. The number of carbonyl (C=O) groups is 2. The van der Waals surface area contributed by atoms with E-state index in [2.05, 4.69) is 13.8 Å². The number of amides is 1. The number of hydrogen-bond donors (Lipinski definition) is 1. The van der Waals surface area contributed by atoms with Gasteiger partial charge in [-0.25, -0.2) is 0 Å². The van der Waals surface area contributed by atoms with Crippen molar-refractivity contribution in [1.29, 1.82) is 0 Å². The molecule has 2 aromatic rings. The van der Waals surface area contributed by atoms with Crippen LogP contribution in [0.3, 0.4) is 0 Å². The number of hydrogen-bond acceptors (Lipinski definition) is 3. The lowest BCUT2D eigenvalue weighted by Gasteiger charge is -2.14. The van der Waals surface area contributed by atoms with Gasteiger partial charge in [-0.1, -0.05) is 50.2 Å². The molecule has 0 aliphatic rings. The highest BCUT2D eigenvalue weighted by Gasteiger charge is 2.20. The molecule has 0 aliphatic carbocycles. The van der Waals surface area contributed by atoms with Gasteiger partial charge < -0.3 is 10.5 Å². The molecule has 0 aliphatic heterocycles. The van der Waals surface area contributed by atoms with Gasteiger partial charge in [0.15, 0.2) is 0 Å². The Morgan fingerprint density at radius 2 is 1.62 bits per heavy atom. The summed E-state index contributed by atoms with van der Waals surface area (Å²) in [6, 6.07) is 14.4. The Labute approximate surface area is 142 Å². The molecule has 1 unspecified atom stereocenters. The number of esters is 1. The molecule has 4 heteroatoms. The standard InChI is InChI=1S/C20H23NO3/c1-13(2)12-15-8-10-16(11-9-15)14(3)20(23)24-18-7-5-4-6-17(18)19(21)22/h4-11,13-14H,12H2,1-3H3,(H2,21,22). The lowest BCUT2D eigenvalue weighted by molar-refractivity contribution is -0.135. The summed E-state index contributed by atoms with van der Waals surface area (Å²) in [6.45, 7) is 6.13. The molecule has 0 heterocycles. The first-order valence-corrected chi connectivity index (χ1v) is 8.08. The van der Waals surface area contributed by atoms with E-state index >= 15 is 0 Å². The van der Waals surface area contributed by atoms with Gasteiger partial charge in [0.25, 0.3) is 5.91 Å². The van der Waals surface area contributed by atoms with Crippen LogP contribution in [0.15, 0.2) is 48.5 Å². The molecule has 2 rings (SSSR count). The van der Waals surface area contributed by atoms with Crippen molar-refractivity contribution in [3.05, 3.63) is 65.2 Å². The smallest absolute Gasteiger partial charge is 0.318 e. The van der Waals surface area contributed by atoms with Crippen molar-refractivity contribution in [2.45, 2.75) is 33.1 Å². The van der Waals surface area contributed by atoms with Crippen LogP contribution < -0.4 is 10.5 Å². The molecule has 0 radical (unpaired) electrons. The summed E-state index contributed by atoms with van der Waals surface area (Å²) in [7, 11) is 0. The molecule has 0 saturated carbocycles. The fraction of sp³-hybridized carbons (Fsp3) is 0.300. The van der Waals surface area contributed by atoms with Gasteiger partial charge in [0, 0.05) is 0 Å². The second-order valence-electron chi connectivity index (χ2n) is 6.34. The number of ether oxygens (including phenoxy) is 1. The topological polar surface area (TPSA) is 69.4 Å². The van der Waals surface area contributed by atoms with Gasteiger partial charge in [-0.15, -0.1) is 0 Å². The zero-order chi connectivity index (χ0) is 17.7. The molecule has 126 valence electrons. The van der Waals surface area contributed by atoms with E-state index in [-0.39, 0.29) is 11.3 Å². The first kappa shape index (κ1) is 17.7. The first-order valence-electron chi connectivity index (χ1n) is 8.08. The summed E-state index contributed by atoms with van der Waals surface area (Å²) in [4.78, 5) is 23.8. The van der Waals surface area contributed by atoms with Crippen molar-refractivity contribution in [3.63, 3.8) is 0 Å². The van der Waals surface area contributed by atoms with Crippen molar-refractivity contribution in [2.75, 3.05) is 0 Å². The predicted octanol–water partition coefficient (Wildman–Crippen LogP) is 3.69. The van der Waals surface area contributed by atoms with Crippen molar-refractivity contribution < 1.29 is 14.3 Å². The minimum Gasteiger partial charge on any atom is -0.425 e. The average Bonchev–Trinajstić information content (AvgIpc) is 2.54. The Morgan fingerprint density at radius 3 is 2.21 bits per heavy atom. The zero-order valence-corrected chi connectivity index (χ0v) is 14.3. The van der Waals surface area contributed by atoms with Crippen molar-refractivity contribution in [1.82, 2.24) is 0 Å². The molecule has 0 saturated heterocycles. The highest BCUT2D eigenvalue weighted by atomic mass is 16.5. The van der Waals surface area contributed by atoms with E-state index in [4.69, 9.17) is 10.5 Å². The first-order chi connectivity index (χ1) is 11.4. The normalized spacial score (nSPS) is 12.0. The van der Waals surface area contributed by atoms with Crippen LogP contribution in [0, 0.1) is 5.92 Å². The maximum absolute atomic E-state index is 12.4. The monoisotopic (exact) mass is 325 g/mol. The lowest BCUT2D eigenvalue weighted by atomic mass is 9.97. The summed E-state index contributed by atoms with van der Waals surface area (Å²) < 4.78 is 5.38. The molecular weight excluding hydrogens is 302 g/mol. The van der Waals surface area contributed by atoms with Gasteiger partial charge in [0.1, 0.15) is 5.75 Å². The van der Waals surface area contributed by atoms with E-state index in [1.54, 1.807) is 25.1 Å². The molecule has 24 heavy (non-hydrogen) atoms. The fourth-order valence-electron chi connectivity index (χ4n) is 2.51. The second-order valence-corrected chi connectivity index (χ2v) is 6.34. The summed E-state index contributed by atoms with van der Waals surface area (Å²) in [5.74, 6) is -0.690. The molecule has 1 atom stereocenters. The third kappa shape index (κ3) is 4.44. The van der Waals surface area contributed by atoms with Crippen LogP contribution >= 0.6 is 0 Å². The number of rotatable bonds is 6. The summed E-state index contributed by atoms with van der Waals surface area (Å²) in [5, 5.41) is 0. The van der Waals surface area contributed by atoms with Crippen molar-refractivity contribution in [2.24, 2.45) is 11.7 Å². The molecule has 0 aromatic heterocycles. The Balaban J connectivity index is 2.11. The van der Waals surface area contributed by atoms with Crippen LogP contribution in [0.5, 0.6) is 5.75 Å². The Hall–Kier alpha value is -2.62. The largest absolute Gasteiger partial charge is 0.425 e. The van der Waals surface area contributed by atoms with Gasteiger partial charge in [-0.2, -0.15) is 0 Å². The minimum atomic E-state index is -0.621. The molecular formula is C20H23NO3. The third-order valence-electron chi connectivity index (χ3n) is 3.84. The Morgan fingerprint density at radius 1 is 1.00 bits per heavy atom. The molecule has 2 aromatic carbocycles. The van der Waals surface area contributed by atoms with Gasteiger partial charge in [-0.3, -0.25) is 9.59 Å². The van der Waals surface area contributed by atoms with E-state index in [1.165, 1.54) is 11.6 Å². The van der Waals surface area contributed by atoms with Crippen LogP contribution in [0.2, 0.25) is 0 Å².